The van der Waals surface area contributed by atoms with Crippen LogP contribution in [0.25, 0.3) is 0 Å². The van der Waals surface area contributed by atoms with Crippen molar-refractivity contribution in [1.29, 1.82) is 0 Å². The standard InChI is InChI=1S/C33H38ClN7O12S2/c1-3-6-40(28(47)15-8-18(34)26(45)20(42)9-15)11-16-5-4-7-39(16)12-17-14(2)55-30-24(29(48)41(30)25(17)32(51)52)37-27(46)23(19-13-54-33(35)36-19)38-53-21(31(49)50)10-22(43)44/h8-9,13-14,16,21,24,30,42,45H,3-7,10-12H2,1-2H3,(H2,35,36)(H,37,46)(H,43,44)(H,49,50)(H,51,52)/b38-23-/t14-,16-,21-,24+,30+/m0/s1. The number of phenolic OH excluding ortho intramolecular Hbond substituents is 2. The molecule has 0 saturated carbocycles. The first-order valence-corrected chi connectivity index (χ1v) is 19.1. The number of hydrogen-bond donors (Lipinski definition) is 7. The molecule has 0 unspecified atom stereocenters. The number of benzene rings is 1. The Morgan fingerprint density at radius 3 is 2.53 bits per heavy atom. The molecule has 19 nitrogen and oxygen atoms in total. The molecular weight excluding hydrogens is 786 g/mol. The topological polar surface area (TPSA) is 286 Å². The lowest BCUT2D eigenvalue weighted by molar-refractivity contribution is -0.156. The van der Waals surface area contributed by atoms with E-state index in [-0.39, 0.29) is 46.2 Å². The molecule has 0 spiro atoms. The molecular formula is C33H38ClN7O12S2. The Labute approximate surface area is 326 Å². The Hall–Kier alpha value is -5.12. The van der Waals surface area contributed by atoms with Gasteiger partial charge in [0, 0.05) is 41.9 Å². The first kappa shape index (κ1) is 41.1. The summed E-state index contributed by atoms with van der Waals surface area (Å²) in [6.07, 6.45) is -0.830. The molecule has 296 valence electrons. The SMILES string of the molecule is CCCN(C[C@@H]1CCCN1CC1=C(C(=O)O)N2C(=O)[C@@H](NC(=O)/C(=N\O[C@@H](CC(=O)O)C(=O)O)c3csc(N)n3)[C@H]2S[C@H]1C)C(=O)c1cc(O)c(O)c(Cl)c1. The van der Waals surface area contributed by atoms with Crippen LogP contribution in [0.5, 0.6) is 11.5 Å². The number of carboxylic acid groups (broad SMARTS) is 3. The maximum atomic E-state index is 13.6. The summed E-state index contributed by atoms with van der Waals surface area (Å²) in [6, 6.07) is 1.02. The molecule has 4 heterocycles. The minimum atomic E-state index is -1.95. The van der Waals surface area contributed by atoms with Gasteiger partial charge in [-0.2, -0.15) is 0 Å². The molecule has 1 aromatic heterocycles. The van der Waals surface area contributed by atoms with Crippen molar-refractivity contribution in [1.82, 2.24) is 25.0 Å². The number of phenols is 2. The molecule has 8 N–H and O–H groups in total. The number of aliphatic carboxylic acids is 3. The van der Waals surface area contributed by atoms with Crippen LogP contribution in [0.2, 0.25) is 5.02 Å². The van der Waals surface area contributed by atoms with Crippen LogP contribution < -0.4 is 11.1 Å². The van der Waals surface area contributed by atoms with Gasteiger partial charge >= 0.3 is 17.9 Å². The van der Waals surface area contributed by atoms with Crippen LogP contribution in [0.3, 0.4) is 0 Å². The van der Waals surface area contributed by atoms with Gasteiger partial charge in [-0.05, 0) is 50.4 Å². The van der Waals surface area contributed by atoms with Gasteiger partial charge in [0.1, 0.15) is 22.8 Å². The average Bonchev–Trinajstić information content (AvgIpc) is 3.76. The van der Waals surface area contributed by atoms with Gasteiger partial charge in [0.15, 0.2) is 22.3 Å². The van der Waals surface area contributed by atoms with Crippen molar-refractivity contribution in [3.05, 3.63) is 45.1 Å². The van der Waals surface area contributed by atoms with Crippen LogP contribution in [0, 0.1) is 0 Å². The van der Waals surface area contributed by atoms with Crippen molar-refractivity contribution in [2.45, 2.75) is 68.3 Å². The van der Waals surface area contributed by atoms with E-state index in [0.717, 1.165) is 28.7 Å². The van der Waals surface area contributed by atoms with Gasteiger partial charge in [-0.15, -0.1) is 23.1 Å². The summed E-state index contributed by atoms with van der Waals surface area (Å²) in [7, 11) is 0. The molecule has 0 radical (unpaired) electrons. The number of thiazole rings is 1. The third-order valence-corrected chi connectivity index (χ3v) is 11.6. The number of nitrogens with two attached hydrogens (primary N) is 1. The van der Waals surface area contributed by atoms with E-state index in [2.05, 4.69) is 20.4 Å². The minimum Gasteiger partial charge on any atom is -0.504 e. The van der Waals surface area contributed by atoms with Crippen molar-refractivity contribution in [2.24, 2.45) is 5.16 Å². The highest BCUT2D eigenvalue weighted by Crippen LogP contribution is 2.45. The summed E-state index contributed by atoms with van der Waals surface area (Å²) in [5, 5.41) is 54.7. The molecule has 22 heteroatoms. The molecule has 5 rings (SSSR count). The van der Waals surface area contributed by atoms with E-state index in [1.807, 2.05) is 6.92 Å². The van der Waals surface area contributed by atoms with Gasteiger partial charge in [0.25, 0.3) is 17.7 Å². The largest absolute Gasteiger partial charge is 0.504 e. The van der Waals surface area contributed by atoms with Crippen molar-refractivity contribution < 1.29 is 59.1 Å². The summed E-state index contributed by atoms with van der Waals surface area (Å²) >= 11 is 8.19. The van der Waals surface area contributed by atoms with E-state index in [0.29, 0.717) is 31.5 Å². The van der Waals surface area contributed by atoms with Crippen molar-refractivity contribution in [3.63, 3.8) is 0 Å². The van der Waals surface area contributed by atoms with Gasteiger partial charge in [-0.25, -0.2) is 14.6 Å². The summed E-state index contributed by atoms with van der Waals surface area (Å²) in [6.45, 7) is 5.12. The second-order valence-electron chi connectivity index (χ2n) is 12.9. The minimum absolute atomic E-state index is 0.0228. The molecule has 2 aromatic rings. The summed E-state index contributed by atoms with van der Waals surface area (Å²) in [5.74, 6) is -7.72. The fraction of sp³-hybridized carbons (Fsp3) is 0.455. The van der Waals surface area contributed by atoms with E-state index in [1.54, 1.807) is 11.8 Å². The number of nitrogen functional groups attached to an aromatic ring is 1. The van der Waals surface area contributed by atoms with Gasteiger partial charge in [-0.1, -0.05) is 23.7 Å². The highest BCUT2D eigenvalue weighted by molar-refractivity contribution is 8.00. The number of aromatic nitrogens is 1. The number of thioether (sulfide) groups is 1. The maximum absolute atomic E-state index is 13.6. The van der Waals surface area contributed by atoms with Crippen molar-refractivity contribution in [3.8, 4) is 11.5 Å². The summed E-state index contributed by atoms with van der Waals surface area (Å²) < 4.78 is 0. The molecule has 3 aliphatic rings. The Kier molecular flexibility index (Phi) is 12.8. The van der Waals surface area contributed by atoms with Crippen molar-refractivity contribution >= 4 is 81.2 Å². The van der Waals surface area contributed by atoms with E-state index in [9.17, 15) is 49.2 Å². The van der Waals surface area contributed by atoms with Gasteiger partial charge < -0.3 is 46.3 Å². The molecule has 2 saturated heterocycles. The molecule has 0 aliphatic carbocycles. The van der Waals surface area contributed by atoms with E-state index < -0.39 is 82.0 Å². The second kappa shape index (κ2) is 17.1. The number of carboxylic acids is 3. The molecule has 0 bridgehead atoms. The first-order chi connectivity index (χ1) is 26.0. The Morgan fingerprint density at radius 1 is 1.20 bits per heavy atom. The lowest BCUT2D eigenvalue weighted by atomic mass is 9.99. The number of likely N-dealkylation sites (tertiary alicyclic amines) is 1. The van der Waals surface area contributed by atoms with Gasteiger partial charge in [-0.3, -0.25) is 29.0 Å². The van der Waals surface area contributed by atoms with Crippen LogP contribution in [0.15, 0.2) is 33.9 Å². The molecule has 2 fully saturated rings. The van der Waals surface area contributed by atoms with Crippen LogP contribution in [-0.2, 0) is 28.8 Å². The van der Waals surface area contributed by atoms with E-state index >= 15 is 0 Å². The predicted octanol–water partition coefficient (Wildman–Crippen LogP) is 1.58. The van der Waals surface area contributed by atoms with Crippen molar-refractivity contribution in [2.75, 3.05) is 31.9 Å². The number of aromatic hydroxyl groups is 2. The molecule has 5 atom stereocenters. The first-order valence-electron chi connectivity index (χ1n) is 16.9. The monoisotopic (exact) mass is 823 g/mol. The van der Waals surface area contributed by atoms with Crippen LogP contribution in [-0.4, -0.2) is 142 Å². The number of oxime groups is 1. The van der Waals surface area contributed by atoms with Crippen LogP contribution in [0.4, 0.5) is 5.13 Å². The normalized spacial score (nSPS) is 21.8. The highest BCUT2D eigenvalue weighted by atomic mass is 35.5. The third kappa shape index (κ3) is 8.90. The van der Waals surface area contributed by atoms with E-state index in [4.69, 9.17) is 27.3 Å². The lowest BCUT2D eigenvalue weighted by Crippen LogP contribution is -2.71. The fourth-order valence-corrected chi connectivity index (χ4v) is 8.73. The number of carbonyl (C=O) groups excluding carboxylic acids is 3. The van der Waals surface area contributed by atoms with Gasteiger partial charge in [0.05, 0.1) is 11.4 Å². The quantitative estimate of drug-likeness (QED) is 0.0548. The van der Waals surface area contributed by atoms with Crippen LogP contribution in [0.1, 0.15) is 55.6 Å². The Bertz CT molecular complexity index is 1930. The predicted molar refractivity (Wildman–Crippen MR) is 198 cm³/mol. The number of β-lactam (4-membered cyclic amide) rings is 1. The van der Waals surface area contributed by atoms with E-state index in [1.165, 1.54) is 23.2 Å². The number of fused-ring (bicyclic) bond motifs is 1. The zero-order chi connectivity index (χ0) is 40.3. The summed E-state index contributed by atoms with van der Waals surface area (Å²) in [4.78, 5) is 89.7. The number of nitrogens with one attached hydrogen (secondary N) is 1. The number of halogens is 1. The third-order valence-electron chi connectivity index (χ3n) is 9.17. The maximum Gasteiger partial charge on any atom is 0.352 e. The molecule has 1 aromatic carbocycles. The Balaban J connectivity index is 1.33. The molecule has 3 amide bonds. The number of nitrogens with zero attached hydrogens (tertiary/aromatic N) is 5. The molecule has 3 aliphatic heterocycles. The van der Waals surface area contributed by atoms with Crippen LogP contribution >= 0.6 is 34.7 Å². The summed E-state index contributed by atoms with van der Waals surface area (Å²) in [5.41, 5.74) is 5.33. The number of rotatable bonds is 16. The number of anilines is 1. The zero-order valence-electron chi connectivity index (χ0n) is 29.4. The van der Waals surface area contributed by atoms with Gasteiger partial charge in [0.2, 0.25) is 6.10 Å². The Morgan fingerprint density at radius 2 is 1.93 bits per heavy atom. The zero-order valence-corrected chi connectivity index (χ0v) is 31.8. The lowest BCUT2D eigenvalue weighted by Gasteiger charge is -2.51. The number of carbonyl (C=O) groups is 6. The second-order valence-corrected chi connectivity index (χ2v) is 15.7. The molecule has 55 heavy (non-hydrogen) atoms. The number of hydrogen-bond acceptors (Lipinski definition) is 15. The number of amides is 3. The average molecular weight is 824 g/mol. The fourth-order valence-electron chi connectivity index (χ4n) is 6.53. The highest BCUT2D eigenvalue weighted by Gasteiger charge is 2.56. The smallest absolute Gasteiger partial charge is 0.352 e.